The maximum absolute atomic E-state index is 11.3. The van der Waals surface area contributed by atoms with Crippen LogP contribution in [0.1, 0.15) is 40.0 Å². The normalized spacial score (nSPS) is 26.6. The molecule has 1 saturated heterocycles. The summed E-state index contributed by atoms with van der Waals surface area (Å²) < 4.78 is 5.20. The summed E-state index contributed by atoms with van der Waals surface area (Å²) in [5.74, 6) is 0. The second kappa shape index (κ2) is 8.38. The number of hydrogen-bond acceptors (Lipinski definition) is 4. The van der Waals surface area contributed by atoms with Crippen molar-refractivity contribution >= 4 is 6.09 Å². The molecule has 1 fully saturated rings. The van der Waals surface area contributed by atoms with E-state index in [-0.39, 0.29) is 24.3 Å². The molecular weight excluding hydrogens is 244 g/mol. The Hall–Kier alpha value is -0.810. The highest BCUT2D eigenvalue weighted by Gasteiger charge is 2.42. The lowest BCUT2D eigenvalue weighted by atomic mass is 9.94. The SMILES string of the molecule is CC.CC[C@]1(CO)CC[C@H](COC(=O)N(C)C)N1C. The van der Waals surface area contributed by atoms with Crippen LogP contribution in [0.25, 0.3) is 0 Å². The Morgan fingerprint density at radius 1 is 1.47 bits per heavy atom. The molecule has 1 heterocycles. The van der Waals surface area contributed by atoms with Gasteiger partial charge in [-0.2, -0.15) is 0 Å². The molecule has 5 nitrogen and oxygen atoms in total. The van der Waals surface area contributed by atoms with E-state index in [0.29, 0.717) is 6.61 Å². The molecule has 0 unspecified atom stereocenters. The van der Waals surface area contributed by atoms with E-state index in [1.165, 1.54) is 4.90 Å². The number of hydrogen-bond donors (Lipinski definition) is 1. The zero-order valence-corrected chi connectivity index (χ0v) is 13.3. The van der Waals surface area contributed by atoms with Gasteiger partial charge in [-0.3, -0.25) is 4.90 Å². The van der Waals surface area contributed by atoms with Crippen molar-refractivity contribution in [2.75, 3.05) is 34.4 Å². The Balaban J connectivity index is 0.00000154. The number of aliphatic hydroxyl groups excluding tert-OH is 1. The second-order valence-corrected chi connectivity index (χ2v) is 5.01. The average Bonchev–Trinajstić information content (AvgIpc) is 2.75. The molecule has 19 heavy (non-hydrogen) atoms. The van der Waals surface area contributed by atoms with Crippen LogP contribution in [0.3, 0.4) is 0 Å². The average molecular weight is 274 g/mol. The fourth-order valence-corrected chi connectivity index (χ4v) is 2.41. The van der Waals surface area contributed by atoms with Gasteiger partial charge in [0.25, 0.3) is 0 Å². The lowest BCUT2D eigenvalue weighted by Crippen LogP contribution is -2.48. The zero-order chi connectivity index (χ0) is 15.1. The number of rotatable bonds is 4. The van der Waals surface area contributed by atoms with Gasteiger partial charge in [-0.05, 0) is 26.3 Å². The minimum atomic E-state index is -0.309. The summed E-state index contributed by atoms with van der Waals surface area (Å²) in [6.45, 7) is 6.65. The van der Waals surface area contributed by atoms with Crippen LogP contribution in [0.4, 0.5) is 4.79 Å². The van der Waals surface area contributed by atoms with Crippen molar-refractivity contribution in [1.82, 2.24) is 9.80 Å². The third kappa shape index (κ3) is 4.35. The number of likely N-dealkylation sites (tertiary alicyclic amines) is 1. The van der Waals surface area contributed by atoms with Crippen LogP contribution in [-0.2, 0) is 4.74 Å². The van der Waals surface area contributed by atoms with Crippen molar-refractivity contribution < 1.29 is 14.6 Å². The predicted molar refractivity (Wildman–Crippen MR) is 77.3 cm³/mol. The van der Waals surface area contributed by atoms with Crippen LogP contribution in [0.5, 0.6) is 0 Å². The van der Waals surface area contributed by atoms with Gasteiger partial charge in [0.15, 0.2) is 0 Å². The van der Waals surface area contributed by atoms with E-state index in [0.717, 1.165) is 19.3 Å². The summed E-state index contributed by atoms with van der Waals surface area (Å²) in [7, 11) is 5.34. The number of ether oxygens (including phenoxy) is 1. The Morgan fingerprint density at radius 2 is 2.05 bits per heavy atom. The van der Waals surface area contributed by atoms with Gasteiger partial charge in [-0.1, -0.05) is 20.8 Å². The van der Waals surface area contributed by atoms with E-state index in [1.54, 1.807) is 14.1 Å². The second-order valence-electron chi connectivity index (χ2n) is 5.01. The number of carbonyl (C=O) groups excluding carboxylic acids is 1. The summed E-state index contributed by atoms with van der Waals surface area (Å²) >= 11 is 0. The molecule has 1 rings (SSSR count). The topological polar surface area (TPSA) is 53.0 Å². The largest absolute Gasteiger partial charge is 0.448 e. The first-order valence-corrected chi connectivity index (χ1v) is 7.14. The zero-order valence-electron chi connectivity index (χ0n) is 13.3. The highest BCUT2D eigenvalue weighted by molar-refractivity contribution is 5.66. The number of carbonyl (C=O) groups is 1. The van der Waals surface area contributed by atoms with E-state index in [4.69, 9.17) is 4.74 Å². The Bertz CT molecular complexity index is 265. The van der Waals surface area contributed by atoms with Crippen molar-refractivity contribution in [3.05, 3.63) is 0 Å². The first-order chi connectivity index (χ1) is 8.96. The van der Waals surface area contributed by atoms with Crippen molar-refractivity contribution in [2.24, 2.45) is 0 Å². The first kappa shape index (κ1) is 18.2. The molecule has 2 atom stereocenters. The van der Waals surface area contributed by atoms with Gasteiger partial charge in [0, 0.05) is 25.7 Å². The molecular formula is C14H30N2O3. The van der Waals surface area contributed by atoms with Gasteiger partial charge in [0.05, 0.1) is 6.61 Å². The molecule has 0 aromatic rings. The van der Waals surface area contributed by atoms with Gasteiger partial charge in [0.1, 0.15) is 6.61 Å². The maximum atomic E-state index is 11.3. The number of nitrogens with zero attached hydrogens (tertiary/aromatic N) is 2. The summed E-state index contributed by atoms with van der Waals surface area (Å²) in [5.41, 5.74) is -0.130. The van der Waals surface area contributed by atoms with Crippen LogP contribution < -0.4 is 0 Å². The molecule has 1 aliphatic rings. The van der Waals surface area contributed by atoms with Crippen LogP contribution >= 0.6 is 0 Å². The fourth-order valence-electron chi connectivity index (χ4n) is 2.41. The molecule has 0 aromatic heterocycles. The van der Waals surface area contributed by atoms with Gasteiger partial charge >= 0.3 is 6.09 Å². The minimum absolute atomic E-state index is 0.130. The molecule has 5 heteroatoms. The molecule has 0 aliphatic carbocycles. The highest BCUT2D eigenvalue weighted by Crippen LogP contribution is 2.34. The predicted octanol–water partition coefficient (Wildman–Crippen LogP) is 1.95. The van der Waals surface area contributed by atoms with Crippen LogP contribution in [0.2, 0.25) is 0 Å². The monoisotopic (exact) mass is 274 g/mol. The fraction of sp³-hybridized carbons (Fsp3) is 0.929. The molecule has 0 saturated carbocycles. The lowest BCUT2D eigenvalue weighted by molar-refractivity contribution is 0.0334. The highest BCUT2D eigenvalue weighted by atomic mass is 16.6. The minimum Gasteiger partial charge on any atom is -0.448 e. The molecule has 1 amide bonds. The summed E-state index contributed by atoms with van der Waals surface area (Å²) in [5, 5.41) is 9.51. The Morgan fingerprint density at radius 3 is 2.42 bits per heavy atom. The number of amides is 1. The third-order valence-electron chi connectivity index (χ3n) is 3.96. The summed E-state index contributed by atoms with van der Waals surface area (Å²) in [4.78, 5) is 14.9. The lowest BCUT2D eigenvalue weighted by Gasteiger charge is -2.36. The van der Waals surface area contributed by atoms with Crippen molar-refractivity contribution in [1.29, 1.82) is 0 Å². The molecule has 114 valence electrons. The molecule has 1 aliphatic heterocycles. The summed E-state index contributed by atoms with van der Waals surface area (Å²) in [6.07, 6.45) is 2.53. The molecule has 0 radical (unpaired) electrons. The quantitative estimate of drug-likeness (QED) is 0.851. The van der Waals surface area contributed by atoms with E-state index >= 15 is 0 Å². The van der Waals surface area contributed by atoms with Crippen LogP contribution in [0.15, 0.2) is 0 Å². The summed E-state index contributed by atoms with van der Waals surface area (Å²) in [6, 6.07) is 0.214. The molecule has 0 bridgehead atoms. The number of aliphatic hydroxyl groups is 1. The molecule has 1 N–H and O–H groups in total. The third-order valence-corrected chi connectivity index (χ3v) is 3.96. The van der Waals surface area contributed by atoms with Crippen molar-refractivity contribution in [2.45, 2.75) is 51.6 Å². The van der Waals surface area contributed by atoms with E-state index in [1.807, 2.05) is 20.9 Å². The molecule has 0 spiro atoms. The van der Waals surface area contributed by atoms with E-state index < -0.39 is 0 Å². The van der Waals surface area contributed by atoms with Crippen molar-refractivity contribution in [3.8, 4) is 0 Å². The van der Waals surface area contributed by atoms with Gasteiger partial charge in [-0.15, -0.1) is 0 Å². The van der Waals surface area contributed by atoms with Gasteiger partial charge in [0.2, 0.25) is 0 Å². The van der Waals surface area contributed by atoms with E-state index in [2.05, 4.69) is 11.8 Å². The Labute approximate surface area is 117 Å². The molecule has 0 aromatic carbocycles. The maximum Gasteiger partial charge on any atom is 0.409 e. The van der Waals surface area contributed by atoms with Gasteiger partial charge in [-0.25, -0.2) is 4.79 Å². The van der Waals surface area contributed by atoms with Crippen molar-refractivity contribution in [3.63, 3.8) is 0 Å². The Kier molecular flexibility index (Phi) is 8.02. The standard InChI is InChI=1S/C12H24N2O3.C2H6/c1-5-12(9-15)7-6-10(14(12)4)8-17-11(16)13(2)3;1-2/h10,15H,5-9H2,1-4H3;1-2H3/t10-,12-;/m1./s1. The van der Waals surface area contributed by atoms with Crippen LogP contribution in [-0.4, -0.2) is 66.9 Å². The first-order valence-electron chi connectivity index (χ1n) is 7.14. The number of likely N-dealkylation sites (N-methyl/N-ethyl adjacent to an activating group) is 1. The smallest absolute Gasteiger partial charge is 0.409 e. The van der Waals surface area contributed by atoms with E-state index in [9.17, 15) is 9.90 Å². The van der Waals surface area contributed by atoms with Gasteiger partial charge < -0.3 is 14.7 Å². The van der Waals surface area contributed by atoms with Crippen LogP contribution in [0, 0.1) is 0 Å².